The first-order chi connectivity index (χ1) is 16.9. The van der Waals surface area contributed by atoms with Crippen LogP contribution in [-0.2, 0) is 16.6 Å². The Morgan fingerprint density at radius 3 is 2.32 bits per heavy atom. The van der Waals surface area contributed by atoms with Crippen molar-refractivity contribution in [1.29, 1.82) is 0 Å². The van der Waals surface area contributed by atoms with Crippen LogP contribution in [0.25, 0.3) is 0 Å². The average molecular weight is 560 g/mol. The molecule has 1 atom stereocenters. The summed E-state index contributed by atoms with van der Waals surface area (Å²) in [5.41, 5.74) is -7.32. The van der Waals surface area contributed by atoms with Gasteiger partial charge in [0.1, 0.15) is 11.5 Å². The van der Waals surface area contributed by atoms with E-state index in [1.165, 1.54) is 13.0 Å². The molecule has 1 aliphatic heterocycles. The molecule has 1 unspecified atom stereocenters. The molecule has 5 nitrogen and oxygen atoms in total. The molecular weight excluding hydrogens is 545 g/mol. The summed E-state index contributed by atoms with van der Waals surface area (Å²) in [6, 6.07) is 0.566. The predicted octanol–water partition coefficient (Wildman–Crippen LogP) is 6.31. The summed E-state index contributed by atoms with van der Waals surface area (Å²) in [6.07, 6.45) is -11.9. The molecule has 1 aliphatic carbocycles. The Kier molecular flexibility index (Phi) is 6.41. The van der Waals surface area contributed by atoms with Crippen molar-refractivity contribution in [3.8, 4) is 0 Å². The van der Waals surface area contributed by atoms with E-state index in [-0.39, 0.29) is 29.0 Å². The number of aryl methyl sites for hydroxylation is 1. The number of rotatable bonds is 4. The minimum absolute atomic E-state index is 0.0337. The Labute approximate surface area is 207 Å². The number of aromatic nitrogens is 1. The SMILES string of the molecule is Cc1cc(C2=NOC(c3cc(C(F)(F)F)cc(Cl)c3F)(C(F)(F)F)C2)cnc1C(=O)NC1CC(F)(F)C1. The maximum absolute atomic E-state index is 14.7. The number of nitrogens with zero attached hydrogens (tertiary/aromatic N) is 2. The lowest BCUT2D eigenvalue weighted by Crippen LogP contribution is -2.50. The van der Waals surface area contributed by atoms with Crippen LogP contribution < -0.4 is 5.32 Å². The van der Waals surface area contributed by atoms with Gasteiger partial charge in [-0.1, -0.05) is 16.8 Å². The molecule has 1 amide bonds. The first-order valence-electron chi connectivity index (χ1n) is 10.5. The van der Waals surface area contributed by atoms with Gasteiger partial charge in [0.15, 0.2) is 0 Å². The van der Waals surface area contributed by atoms with E-state index in [2.05, 4.69) is 20.3 Å². The lowest BCUT2D eigenvalue weighted by Gasteiger charge is -2.35. The van der Waals surface area contributed by atoms with Gasteiger partial charge in [-0.3, -0.25) is 9.78 Å². The van der Waals surface area contributed by atoms with Gasteiger partial charge in [0.2, 0.25) is 0 Å². The van der Waals surface area contributed by atoms with Gasteiger partial charge >= 0.3 is 12.4 Å². The third kappa shape index (κ3) is 4.94. The van der Waals surface area contributed by atoms with E-state index in [9.17, 15) is 44.3 Å². The molecule has 15 heteroatoms. The molecule has 200 valence electrons. The highest BCUT2D eigenvalue weighted by molar-refractivity contribution is 6.30. The summed E-state index contributed by atoms with van der Waals surface area (Å²) < 4.78 is 123. The number of alkyl halides is 8. The summed E-state index contributed by atoms with van der Waals surface area (Å²) in [4.78, 5) is 20.8. The molecule has 0 bridgehead atoms. The number of hydrogen-bond acceptors (Lipinski definition) is 4. The van der Waals surface area contributed by atoms with E-state index in [0.717, 1.165) is 6.20 Å². The van der Waals surface area contributed by atoms with Crippen LogP contribution in [0.2, 0.25) is 5.02 Å². The number of pyridine rings is 1. The Bertz CT molecular complexity index is 1290. The average Bonchev–Trinajstić information content (AvgIpc) is 3.20. The molecule has 1 aromatic heterocycles. The van der Waals surface area contributed by atoms with Crippen LogP contribution in [0.3, 0.4) is 0 Å². The number of halogens is 10. The summed E-state index contributed by atoms with van der Waals surface area (Å²) in [7, 11) is 0. The minimum atomic E-state index is -5.43. The summed E-state index contributed by atoms with van der Waals surface area (Å²) in [6.45, 7) is 1.38. The molecule has 1 N–H and O–H groups in total. The zero-order chi connectivity index (χ0) is 27.6. The number of hydrogen-bond donors (Lipinski definition) is 1. The minimum Gasteiger partial charge on any atom is -0.374 e. The van der Waals surface area contributed by atoms with Crippen molar-refractivity contribution in [3.05, 3.63) is 63.2 Å². The van der Waals surface area contributed by atoms with Gasteiger partial charge < -0.3 is 10.2 Å². The molecule has 0 spiro atoms. The van der Waals surface area contributed by atoms with Crippen molar-refractivity contribution in [3.63, 3.8) is 0 Å². The highest BCUT2D eigenvalue weighted by Crippen LogP contribution is 2.51. The zero-order valence-electron chi connectivity index (χ0n) is 18.5. The fourth-order valence-corrected chi connectivity index (χ4v) is 4.29. The molecule has 2 heterocycles. The standard InChI is InChI=1S/C22H15ClF9N3O2/c1-9-2-10(8-33-17(9)18(36)34-12-5-19(25,26)6-12)15-7-20(37-35-15,22(30,31)32)13-3-11(21(27,28)29)4-14(23)16(13)24/h2-4,8,12H,5-7H2,1H3,(H,34,36). The van der Waals surface area contributed by atoms with Crippen LogP contribution in [0.5, 0.6) is 0 Å². The fraction of sp³-hybridized carbons (Fsp3) is 0.409. The second-order valence-electron chi connectivity index (χ2n) is 8.77. The topological polar surface area (TPSA) is 63.6 Å². The van der Waals surface area contributed by atoms with Crippen LogP contribution in [-0.4, -0.2) is 34.7 Å². The molecule has 37 heavy (non-hydrogen) atoms. The fourth-order valence-electron chi connectivity index (χ4n) is 4.07. The third-order valence-electron chi connectivity index (χ3n) is 6.03. The van der Waals surface area contributed by atoms with Gasteiger partial charge in [-0.15, -0.1) is 0 Å². The zero-order valence-corrected chi connectivity index (χ0v) is 19.3. The molecule has 2 aliphatic rings. The van der Waals surface area contributed by atoms with E-state index >= 15 is 0 Å². The highest BCUT2D eigenvalue weighted by atomic mass is 35.5. The second-order valence-corrected chi connectivity index (χ2v) is 9.18. The summed E-state index contributed by atoms with van der Waals surface area (Å²) >= 11 is 5.48. The van der Waals surface area contributed by atoms with Crippen molar-refractivity contribution < 1.29 is 49.1 Å². The van der Waals surface area contributed by atoms with Crippen LogP contribution in [0, 0.1) is 12.7 Å². The number of nitrogens with one attached hydrogen (secondary N) is 1. The van der Waals surface area contributed by atoms with Gasteiger partial charge in [0, 0.05) is 36.2 Å². The number of benzene rings is 1. The molecule has 0 saturated heterocycles. The maximum Gasteiger partial charge on any atom is 0.435 e. The monoisotopic (exact) mass is 559 g/mol. The van der Waals surface area contributed by atoms with Gasteiger partial charge in [-0.05, 0) is 30.7 Å². The summed E-state index contributed by atoms with van der Waals surface area (Å²) in [5, 5.41) is 4.53. The molecule has 4 rings (SSSR count). The van der Waals surface area contributed by atoms with E-state index in [1.807, 2.05) is 0 Å². The van der Waals surface area contributed by atoms with E-state index in [4.69, 9.17) is 11.6 Å². The molecule has 1 fully saturated rings. The second kappa shape index (κ2) is 8.77. The quantitative estimate of drug-likeness (QED) is 0.447. The largest absolute Gasteiger partial charge is 0.435 e. The normalized spacial score (nSPS) is 21.8. The van der Waals surface area contributed by atoms with E-state index < -0.39 is 82.8 Å². The molecule has 1 saturated carbocycles. The van der Waals surface area contributed by atoms with Crippen LogP contribution in [0.15, 0.2) is 29.6 Å². The van der Waals surface area contributed by atoms with Crippen molar-refractivity contribution in [2.45, 2.75) is 56.1 Å². The Morgan fingerprint density at radius 2 is 1.78 bits per heavy atom. The smallest absolute Gasteiger partial charge is 0.374 e. The Balaban J connectivity index is 1.63. The highest BCUT2D eigenvalue weighted by Gasteiger charge is 2.64. The van der Waals surface area contributed by atoms with Crippen molar-refractivity contribution in [1.82, 2.24) is 10.3 Å². The predicted molar refractivity (Wildman–Crippen MR) is 111 cm³/mol. The molecule has 1 aromatic carbocycles. The third-order valence-corrected chi connectivity index (χ3v) is 6.30. The van der Waals surface area contributed by atoms with Crippen molar-refractivity contribution in [2.24, 2.45) is 5.16 Å². The Morgan fingerprint density at radius 1 is 1.14 bits per heavy atom. The number of amides is 1. The molecule has 2 aromatic rings. The Hall–Kier alpha value is -3.03. The maximum atomic E-state index is 14.7. The molecule has 0 radical (unpaired) electrons. The number of oxime groups is 1. The van der Waals surface area contributed by atoms with Crippen molar-refractivity contribution >= 4 is 23.2 Å². The number of carbonyl (C=O) groups excluding carboxylic acids is 1. The van der Waals surface area contributed by atoms with E-state index in [0.29, 0.717) is 0 Å². The lowest BCUT2D eigenvalue weighted by molar-refractivity contribution is -0.276. The molecular formula is C22H15ClF9N3O2. The van der Waals surface area contributed by atoms with Crippen LogP contribution in [0.1, 0.15) is 52.0 Å². The lowest BCUT2D eigenvalue weighted by atomic mass is 9.85. The van der Waals surface area contributed by atoms with Crippen LogP contribution in [0.4, 0.5) is 39.5 Å². The first-order valence-corrected chi connectivity index (χ1v) is 10.9. The van der Waals surface area contributed by atoms with Gasteiger partial charge in [-0.2, -0.15) is 26.3 Å². The number of carbonyl (C=O) groups is 1. The van der Waals surface area contributed by atoms with Gasteiger partial charge in [-0.25, -0.2) is 13.2 Å². The summed E-state index contributed by atoms with van der Waals surface area (Å²) in [5.74, 6) is -5.41. The van der Waals surface area contributed by atoms with Crippen molar-refractivity contribution in [2.75, 3.05) is 0 Å². The van der Waals surface area contributed by atoms with Gasteiger partial charge in [0.25, 0.3) is 17.4 Å². The van der Waals surface area contributed by atoms with Crippen LogP contribution >= 0.6 is 11.6 Å². The van der Waals surface area contributed by atoms with E-state index in [1.54, 1.807) is 0 Å². The first kappa shape index (κ1) is 27.0. The van der Waals surface area contributed by atoms with Gasteiger partial charge in [0.05, 0.1) is 22.7 Å².